The molecule has 7 heteroatoms. The van der Waals surface area contributed by atoms with Gasteiger partial charge in [-0.05, 0) is 12.0 Å². The summed E-state index contributed by atoms with van der Waals surface area (Å²) in [7, 11) is 0. The van der Waals surface area contributed by atoms with Gasteiger partial charge in [-0.3, -0.25) is 14.8 Å². The van der Waals surface area contributed by atoms with Gasteiger partial charge in [-0.2, -0.15) is 0 Å². The van der Waals surface area contributed by atoms with Gasteiger partial charge in [0, 0.05) is 6.42 Å². The lowest BCUT2D eigenvalue weighted by Crippen LogP contribution is -2.17. The number of hydroxylamine groups is 1. The lowest BCUT2D eigenvalue weighted by atomic mass is 10.1. The van der Waals surface area contributed by atoms with E-state index in [9.17, 15) is 9.59 Å². The van der Waals surface area contributed by atoms with Gasteiger partial charge in [-0.15, -0.1) is 0 Å². The number of benzene rings is 1. The third-order valence-electron chi connectivity index (χ3n) is 2.56. The summed E-state index contributed by atoms with van der Waals surface area (Å²) >= 11 is 1.00. The number of carbonyl (C=O) groups excluding carboxylic acids is 2. The van der Waals surface area contributed by atoms with Crippen molar-refractivity contribution in [2.24, 2.45) is 0 Å². The minimum Gasteiger partial charge on any atom is -0.302 e. The maximum Gasteiger partial charge on any atom is 0.286 e. The minimum absolute atomic E-state index is 0.167. The molecule has 0 spiro atoms. The van der Waals surface area contributed by atoms with Crippen LogP contribution in [0.3, 0.4) is 0 Å². The molecule has 20 heavy (non-hydrogen) atoms. The second-order valence-corrected chi connectivity index (χ2v) is 5.04. The van der Waals surface area contributed by atoms with E-state index in [0.717, 1.165) is 16.9 Å². The van der Waals surface area contributed by atoms with Crippen molar-refractivity contribution in [2.45, 2.75) is 12.8 Å². The first-order valence-electron chi connectivity index (χ1n) is 5.93. The standard InChI is InChI=1S/C13H13N3O3S/c17-11(7-6-9-4-2-1-3-5-9)15-13-14-8-10(20-13)12(18)16-19/h1-5,8,19H,6-7H2,(H,16,18)(H,14,15,17). The van der Waals surface area contributed by atoms with E-state index < -0.39 is 5.91 Å². The Morgan fingerprint density at radius 1 is 1.25 bits per heavy atom. The van der Waals surface area contributed by atoms with E-state index in [1.165, 1.54) is 11.7 Å². The Kier molecular flexibility index (Phi) is 4.80. The van der Waals surface area contributed by atoms with Crippen LogP contribution < -0.4 is 10.8 Å². The summed E-state index contributed by atoms with van der Waals surface area (Å²) < 4.78 is 0. The van der Waals surface area contributed by atoms with E-state index in [-0.39, 0.29) is 10.8 Å². The maximum absolute atomic E-state index is 11.7. The molecule has 0 aliphatic heterocycles. The zero-order valence-corrected chi connectivity index (χ0v) is 11.3. The van der Waals surface area contributed by atoms with Crippen molar-refractivity contribution >= 4 is 28.3 Å². The van der Waals surface area contributed by atoms with Gasteiger partial charge in [0.05, 0.1) is 6.20 Å². The zero-order valence-electron chi connectivity index (χ0n) is 10.5. The van der Waals surface area contributed by atoms with Crippen molar-refractivity contribution in [2.75, 3.05) is 5.32 Å². The van der Waals surface area contributed by atoms with E-state index >= 15 is 0 Å². The topological polar surface area (TPSA) is 91.3 Å². The number of nitrogens with one attached hydrogen (secondary N) is 2. The van der Waals surface area contributed by atoms with Crippen LogP contribution in [0.25, 0.3) is 0 Å². The van der Waals surface area contributed by atoms with Crippen LogP contribution in [-0.2, 0) is 11.2 Å². The molecule has 2 amide bonds. The lowest BCUT2D eigenvalue weighted by Gasteiger charge is -2.01. The van der Waals surface area contributed by atoms with E-state index in [1.807, 2.05) is 30.3 Å². The smallest absolute Gasteiger partial charge is 0.286 e. The van der Waals surface area contributed by atoms with Gasteiger partial charge in [0.2, 0.25) is 5.91 Å². The van der Waals surface area contributed by atoms with Crippen molar-refractivity contribution < 1.29 is 14.8 Å². The molecule has 0 saturated carbocycles. The van der Waals surface area contributed by atoms with Gasteiger partial charge in [0.25, 0.3) is 5.91 Å². The molecule has 1 aromatic carbocycles. The lowest BCUT2D eigenvalue weighted by molar-refractivity contribution is -0.116. The van der Waals surface area contributed by atoms with Crippen LogP contribution in [0.1, 0.15) is 21.7 Å². The molecule has 1 heterocycles. The zero-order chi connectivity index (χ0) is 14.4. The summed E-state index contributed by atoms with van der Waals surface area (Å²) in [6.45, 7) is 0. The molecule has 1 aromatic heterocycles. The molecule has 104 valence electrons. The summed E-state index contributed by atoms with van der Waals surface area (Å²) in [5.74, 6) is -0.813. The maximum atomic E-state index is 11.7. The van der Waals surface area contributed by atoms with Gasteiger partial charge < -0.3 is 5.32 Å². The highest BCUT2D eigenvalue weighted by atomic mass is 32.1. The number of carbonyl (C=O) groups is 2. The highest BCUT2D eigenvalue weighted by molar-refractivity contribution is 7.17. The predicted molar refractivity (Wildman–Crippen MR) is 74.8 cm³/mol. The highest BCUT2D eigenvalue weighted by Gasteiger charge is 2.11. The Hall–Kier alpha value is -2.25. The SMILES string of the molecule is O=C(CCc1ccccc1)Nc1ncc(C(=O)NO)s1. The summed E-state index contributed by atoms with van der Waals surface area (Å²) in [5.41, 5.74) is 2.60. The van der Waals surface area contributed by atoms with Crippen LogP contribution in [-0.4, -0.2) is 22.0 Å². The quantitative estimate of drug-likeness (QED) is 0.579. The molecule has 0 fully saturated rings. The Labute approximate surface area is 119 Å². The number of aryl methyl sites for hydroxylation is 1. The van der Waals surface area contributed by atoms with Gasteiger partial charge in [0.15, 0.2) is 5.13 Å². The molecule has 0 aliphatic rings. The average molecular weight is 291 g/mol. The van der Waals surface area contributed by atoms with Crippen LogP contribution in [0.4, 0.5) is 5.13 Å². The second kappa shape index (κ2) is 6.78. The molecule has 3 N–H and O–H groups in total. The van der Waals surface area contributed by atoms with Crippen LogP contribution in [0, 0.1) is 0 Å². The van der Waals surface area contributed by atoms with Gasteiger partial charge >= 0.3 is 0 Å². The van der Waals surface area contributed by atoms with Gasteiger partial charge in [-0.1, -0.05) is 41.7 Å². The van der Waals surface area contributed by atoms with E-state index in [4.69, 9.17) is 5.21 Å². The van der Waals surface area contributed by atoms with Crippen molar-refractivity contribution in [1.82, 2.24) is 10.5 Å². The number of anilines is 1. The predicted octanol–water partition coefficient (Wildman–Crippen LogP) is 1.83. The first kappa shape index (κ1) is 14.2. The first-order valence-corrected chi connectivity index (χ1v) is 6.74. The van der Waals surface area contributed by atoms with Crippen LogP contribution >= 0.6 is 11.3 Å². The van der Waals surface area contributed by atoms with E-state index in [2.05, 4.69) is 10.3 Å². The highest BCUT2D eigenvalue weighted by Crippen LogP contribution is 2.18. The number of thiazole rings is 1. The fourth-order valence-corrected chi connectivity index (χ4v) is 2.30. The number of aromatic nitrogens is 1. The number of rotatable bonds is 5. The molecule has 0 saturated heterocycles. The van der Waals surface area contributed by atoms with Crippen molar-refractivity contribution in [3.63, 3.8) is 0 Å². The van der Waals surface area contributed by atoms with Crippen LogP contribution in [0.5, 0.6) is 0 Å². The number of hydrogen-bond donors (Lipinski definition) is 3. The molecule has 2 aromatic rings. The van der Waals surface area contributed by atoms with Crippen molar-refractivity contribution in [3.05, 3.63) is 47.0 Å². The van der Waals surface area contributed by atoms with E-state index in [1.54, 1.807) is 0 Å². The van der Waals surface area contributed by atoms with Crippen LogP contribution in [0.15, 0.2) is 36.5 Å². The molecule has 0 unspecified atom stereocenters. The molecule has 0 atom stereocenters. The first-order chi connectivity index (χ1) is 9.69. The third kappa shape index (κ3) is 3.87. The third-order valence-corrected chi connectivity index (χ3v) is 3.47. The Morgan fingerprint density at radius 2 is 2.00 bits per heavy atom. The Bertz CT molecular complexity index is 598. The molecule has 0 aliphatic carbocycles. The summed E-state index contributed by atoms with van der Waals surface area (Å²) in [5, 5.41) is 11.4. The fraction of sp³-hybridized carbons (Fsp3) is 0.154. The van der Waals surface area contributed by atoms with Crippen molar-refractivity contribution in [3.8, 4) is 0 Å². The molecule has 0 bridgehead atoms. The summed E-state index contributed by atoms with van der Waals surface area (Å²) in [6, 6.07) is 9.69. The van der Waals surface area contributed by atoms with Gasteiger partial charge in [-0.25, -0.2) is 10.5 Å². The Balaban J connectivity index is 1.85. The largest absolute Gasteiger partial charge is 0.302 e. The van der Waals surface area contributed by atoms with Crippen LogP contribution in [0.2, 0.25) is 0 Å². The summed E-state index contributed by atoms with van der Waals surface area (Å²) in [6.07, 6.45) is 2.27. The molecular formula is C13H13N3O3S. The molecule has 6 nitrogen and oxygen atoms in total. The second-order valence-electron chi connectivity index (χ2n) is 4.00. The summed E-state index contributed by atoms with van der Waals surface area (Å²) in [4.78, 5) is 27.0. The number of hydrogen-bond acceptors (Lipinski definition) is 5. The van der Waals surface area contributed by atoms with Crippen molar-refractivity contribution in [1.29, 1.82) is 0 Å². The minimum atomic E-state index is -0.646. The molecule has 2 rings (SSSR count). The molecular weight excluding hydrogens is 278 g/mol. The monoisotopic (exact) mass is 291 g/mol. The number of amides is 2. The Morgan fingerprint density at radius 3 is 2.70 bits per heavy atom. The number of nitrogens with zero attached hydrogens (tertiary/aromatic N) is 1. The average Bonchev–Trinajstić information content (AvgIpc) is 2.94. The normalized spacial score (nSPS) is 10.1. The fourth-order valence-electron chi connectivity index (χ4n) is 1.58. The molecule has 0 radical (unpaired) electrons. The van der Waals surface area contributed by atoms with E-state index in [0.29, 0.717) is 18.0 Å². The van der Waals surface area contributed by atoms with Gasteiger partial charge in [0.1, 0.15) is 4.88 Å².